The topological polar surface area (TPSA) is 99.1 Å². The Balaban J connectivity index is 2.28. The summed E-state index contributed by atoms with van der Waals surface area (Å²) in [5.41, 5.74) is 5.75. The summed E-state index contributed by atoms with van der Waals surface area (Å²) >= 11 is 3.40. The lowest BCUT2D eigenvalue weighted by Crippen LogP contribution is -2.44. The van der Waals surface area contributed by atoms with E-state index < -0.39 is 17.0 Å². The first-order valence-electron chi connectivity index (χ1n) is 8.93. The molecule has 0 fully saturated rings. The van der Waals surface area contributed by atoms with Crippen molar-refractivity contribution in [1.29, 1.82) is 0 Å². The third-order valence-electron chi connectivity index (χ3n) is 4.50. The molecule has 2 aromatic rings. The molecule has 0 aliphatic rings. The zero-order valence-corrected chi connectivity index (χ0v) is 17.4. The first-order chi connectivity index (χ1) is 12.8. The van der Waals surface area contributed by atoms with E-state index in [0.29, 0.717) is 13.0 Å². The number of hydrogen-bond donors (Lipinski definition) is 2. The Kier molecular flexibility index (Phi) is 7.15. The molecule has 0 aliphatic heterocycles. The second-order valence-electron chi connectivity index (χ2n) is 6.38. The SMILES string of the molecule is CCCn1c(N)c(C(=O)CNC(CC)c2ccc(Br)cc2)c(=O)n(C)c1=O. The lowest BCUT2D eigenvalue weighted by atomic mass is 10.0. The number of nitrogens with two attached hydrogens (primary N) is 1. The van der Waals surface area contributed by atoms with Crippen LogP contribution in [0.25, 0.3) is 0 Å². The van der Waals surface area contributed by atoms with Crippen molar-refractivity contribution in [2.24, 2.45) is 7.05 Å². The average Bonchev–Trinajstić information content (AvgIpc) is 2.65. The highest BCUT2D eigenvalue weighted by Gasteiger charge is 2.22. The summed E-state index contributed by atoms with van der Waals surface area (Å²) in [6.45, 7) is 4.21. The number of benzene rings is 1. The number of nitrogens with zero attached hydrogens (tertiary/aromatic N) is 2. The molecule has 0 saturated heterocycles. The fourth-order valence-electron chi connectivity index (χ4n) is 2.98. The first-order valence-corrected chi connectivity index (χ1v) is 9.72. The van der Waals surface area contributed by atoms with Crippen molar-refractivity contribution >= 4 is 27.5 Å². The molecule has 0 aliphatic carbocycles. The second-order valence-corrected chi connectivity index (χ2v) is 7.29. The third-order valence-corrected chi connectivity index (χ3v) is 5.03. The van der Waals surface area contributed by atoms with Crippen LogP contribution in [0.1, 0.15) is 48.7 Å². The predicted molar refractivity (Wildman–Crippen MR) is 110 cm³/mol. The van der Waals surface area contributed by atoms with Crippen LogP contribution < -0.4 is 22.3 Å². The van der Waals surface area contributed by atoms with Gasteiger partial charge in [-0.2, -0.15) is 0 Å². The minimum Gasteiger partial charge on any atom is -0.384 e. The van der Waals surface area contributed by atoms with Gasteiger partial charge in [0.15, 0.2) is 5.78 Å². The summed E-state index contributed by atoms with van der Waals surface area (Å²) < 4.78 is 3.19. The Labute approximate surface area is 166 Å². The van der Waals surface area contributed by atoms with Crippen molar-refractivity contribution in [1.82, 2.24) is 14.5 Å². The van der Waals surface area contributed by atoms with Crippen molar-refractivity contribution in [3.8, 4) is 0 Å². The van der Waals surface area contributed by atoms with E-state index in [-0.39, 0.29) is 24.0 Å². The van der Waals surface area contributed by atoms with Crippen molar-refractivity contribution in [2.45, 2.75) is 39.3 Å². The maximum atomic E-state index is 12.7. The minimum atomic E-state index is -0.659. The summed E-state index contributed by atoms with van der Waals surface area (Å²) in [5.74, 6) is -0.484. The maximum Gasteiger partial charge on any atom is 0.332 e. The molecule has 2 rings (SSSR count). The van der Waals surface area contributed by atoms with Crippen molar-refractivity contribution < 1.29 is 4.79 Å². The van der Waals surface area contributed by atoms with Gasteiger partial charge in [0.1, 0.15) is 11.4 Å². The third kappa shape index (κ3) is 4.56. The van der Waals surface area contributed by atoms with Crippen molar-refractivity contribution in [2.75, 3.05) is 12.3 Å². The molecule has 8 heteroatoms. The summed E-state index contributed by atoms with van der Waals surface area (Å²) in [6, 6.07) is 7.80. The van der Waals surface area contributed by atoms with Crippen LogP contribution in [0, 0.1) is 0 Å². The van der Waals surface area contributed by atoms with E-state index in [2.05, 4.69) is 21.2 Å². The van der Waals surface area contributed by atoms with Crippen LogP contribution in [-0.4, -0.2) is 21.5 Å². The number of anilines is 1. The summed E-state index contributed by atoms with van der Waals surface area (Å²) in [7, 11) is 1.36. The molecule has 27 heavy (non-hydrogen) atoms. The number of Topliss-reactive ketones (excluding diaryl/α,β-unsaturated/α-hetero) is 1. The van der Waals surface area contributed by atoms with Gasteiger partial charge in [0, 0.05) is 24.1 Å². The zero-order valence-electron chi connectivity index (χ0n) is 15.8. The highest BCUT2D eigenvalue weighted by molar-refractivity contribution is 9.10. The number of ketones is 1. The monoisotopic (exact) mass is 436 g/mol. The Bertz CT molecular complexity index is 932. The molecule has 1 atom stereocenters. The maximum absolute atomic E-state index is 12.7. The van der Waals surface area contributed by atoms with Gasteiger partial charge in [-0.25, -0.2) is 4.79 Å². The number of carbonyl (C=O) groups excluding carboxylic acids is 1. The fraction of sp³-hybridized carbons (Fsp3) is 0.421. The molecule has 1 heterocycles. The van der Waals surface area contributed by atoms with E-state index in [0.717, 1.165) is 21.0 Å². The molecule has 146 valence electrons. The van der Waals surface area contributed by atoms with E-state index in [4.69, 9.17) is 5.73 Å². The Morgan fingerprint density at radius 1 is 1.22 bits per heavy atom. The van der Waals surface area contributed by atoms with Gasteiger partial charge in [0.2, 0.25) is 0 Å². The smallest absolute Gasteiger partial charge is 0.332 e. The van der Waals surface area contributed by atoms with E-state index in [1.54, 1.807) is 0 Å². The molecule has 1 unspecified atom stereocenters. The molecule has 0 spiro atoms. The number of nitrogen functional groups attached to an aromatic ring is 1. The quantitative estimate of drug-likeness (QED) is 0.618. The molecule has 1 aromatic carbocycles. The van der Waals surface area contributed by atoms with Crippen LogP contribution >= 0.6 is 15.9 Å². The van der Waals surface area contributed by atoms with Gasteiger partial charge in [0.25, 0.3) is 5.56 Å². The summed E-state index contributed by atoms with van der Waals surface area (Å²) in [5, 5.41) is 3.19. The lowest BCUT2D eigenvalue weighted by Gasteiger charge is -2.18. The minimum absolute atomic E-state index is 0.0336. The van der Waals surface area contributed by atoms with Crippen LogP contribution in [0.5, 0.6) is 0 Å². The average molecular weight is 437 g/mol. The molecule has 0 amide bonds. The highest BCUT2D eigenvalue weighted by Crippen LogP contribution is 2.19. The molecule has 7 nitrogen and oxygen atoms in total. The Morgan fingerprint density at radius 3 is 2.41 bits per heavy atom. The van der Waals surface area contributed by atoms with Gasteiger partial charge in [-0.1, -0.05) is 41.9 Å². The molecular weight excluding hydrogens is 412 g/mol. The summed E-state index contributed by atoms with van der Waals surface area (Å²) in [6.07, 6.45) is 1.44. The highest BCUT2D eigenvalue weighted by atomic mass is 79.9. The van der Waals surface area contributed by atoms with Crippen LogP contribution in [0.15, 0.2) is 38.3 Å². The second kappa shape index (κ2) is 9.14. The summed E-state index contributed by atoms with van der Waals surface area (Å²) in [4.78, 5) is 37.4. The zero-order chi connectivity index (χ0) is 20.1. The van der Waals surface area contributed by atoms with Gasteiger partial charge in [-0.3, -0.25) is 18.7 Å². The van der Waals surface area contributed by atoms with Crippen molar-refractivity contribution in [3.05, 3.63) is 60.7 Å². The van der Waals surface area contributed by atoms with Crippen LogP contribution in [0.3, 0.4) is 0 Å². The van der Waals surface area contributed by atoms with Gasteiger partial charge >= 0.3 is 5.69 Å². The van der Waals surface area contributed by atoms with Gasteiger partial charge < -0.3 is 11.1 Å². The first kappa shape index (κ1) is 21.1. The molecule has 0 radical (unpaired) electrons. The van der Waals surface area contributed by atoms with Gasteiger partial charge in [0.05, 0.1) is 6.54 Å². The molecule has 0 saturated carbocycles. The number of carbonyl (C=O) groups is 1. The lowest BCUT2D eigenvalue weighted by molar-refractivity contribution is 0.0985. The van der Waals surface area contributed by atoms with E-state index >= 15 is 0 Å². The predicted octanol–water partition coefficient (Wildman–Crippen LogP) is 2.23. The van der Waals surface area contributed by atoms with Crippen LogP contribution in [0.4, 0.5) is 5.82 Å². The molecule has 3 N–H and O–H groups in total. The normalized spacial score (nSPS) is 12.1. The standard InChI is InChI=1S/C19H25BrN4O3/c1-4-10-24-17(21)16(18(26)23(3)19(24)27)15(25)11-22-14(5-2)12-6-8-13(20)9-7-12/h6-9,14,22H,4-5,10-11,21H2,1-3H3. The number of hydrogen-bond acceptors (Lipinski definition) is 5. The fourth-order valence-corrected chi connectivity index (χ4v) is 3.25. The van der Waals surface area contributed by atoms with Gasteiger partial charge in [-0.15, -0.1) is 0 Å². The number of halogens is 1. The molecule has 1 aromatic heterocycles. The van der Waals surface area contributed by atoms with Crippen LogP contribution in [-0.2, 0) is 13.6 Å². The Hall–Kier alpha value is -2.19. The number of rotatable bonds is 8. The van der Waals surface area contributed by atoms with E-state index in [9.17, 15) is 14.4 Å². The van der Waals surface area contributed by atoms with E-state index in [1.165, 1.54) is 11.6 Å². The molecule has 0 bridgehead atoms. The van der Waals surface area contributed by atoms with E-state index in [1.807, 2.05) is 38.1 Å². The van der Waals surface area contributed by atoms with Crippen LogP contribution in [0.2, 0.25) is 0 Å². The van der Waals surface area contributed by atoms with Gasteiger partial charge in [-0.05, 0) is 30.5 Å². The molecular formula is C19H25BrN4O3. The number of nitrogens with one attached hydrogen (secondary N) is 1. The Morgan fingerprint density at radius 2 is 1.85 bits per heavy atom. The van der Waals surface area contributed by atoms with Crippen molar-refractivity contribution in [3.63, 3.8) is 0 Å². The number of aromatic nitrogens is 2. The largest absolute Gasteiger partial charge is 0.384 e.